The molecule has 2 aromatic carbocycles. The van der Waals surface area contributed by atoms with Gasteiger partial charge in [0.2, 0.25) is 5.91 Å². The van der Waals surface area contributed by atoms with Crippen LogP contribution in [-0.2, 0) is 16.0 Å². The number of primary amides is 1. The van der Waals surface area contributed by atoms with Crippen LogP contribution < -0.4 is 16.4 Å². The topological polar surface area (TPSA) is 106 Å². The average Bonchev–Trinajstić information content (AvgIpc) is 2.81. The first kappa shape index (κ1) is 25.9. The van der Waals surface area contributed by atoms with E-state index in [4.69, 9.17) is 10.5 Å². The van der Waals surface area contributed by atoms with Crippen molar-refractivity contribution >= 4 is 11.8 Å². The number of carbonyl (C=O) groups is 2. The monoisotopic (exact) mass is 486 g/mol. The van der Waals surface area contributed by atoms with Gasteiger partial charge in [0.25, 0.3) is 5.91 Å². The Morgan fingerprint density at radius 2 is 1.80 bits per heavy atom. The molecular formula is C25H25F3N4O3. The zero-order valence-electron chi connectivity index (χ0n) is 19.1. The molecule has 0 aliphatic heterocycles. The zero-order chi connectivity index (χ0) is 25.5. The number of pyridine rings is 1. The number of ether oxygens (including phenoxy) is 1. The highest BCUT2D eigenvalue weighted by molar-refractivity contribution is 5.94. The van der Waals surface area contributed by atoms with Crippen molar-refractivity contribution in [2.45, 2.75) is 18.5 Å². The summed E-state index contributed by atoms with van der Waals surface area (Å²) < 4.78 is 46.9. The summed E-state index contributed by atoms with van der Waals surface area (Å²) in [5.74, 6) is -3.66. The molecule has 2 amide bonds. The van der Waals surface area contributed by atoms with Crippen LogP contribution in [-0.4, -0.2) is 43.6 Å². The van der Waals surface area contributed by atoms with Gasteiger partial charge >= 0.3 is 0 Å². The Kier molecular flexibility index (Phi) is 8.56. The van der Waals surface area contributed by atoms with Crippen molar-refractivity contribution in [2.75, 3.05) is 20.8 Å². The van der Waals surface area contributed by atoms with Gasteiger partial charge in [0.15, 0.2) is 0 Å². The van der Waals surface area contributed by atoms with Gasteiger partial charge in [-0.05, 0) is 54.9 Å². The number of aromatic nitrogens is 1. The predicted octanol–water partition coefficient (Wildman–Crippen LogP) is 2.90. The Morgan fingerprint density at radius 1 is 1.09 bits per heavy atom. The molecule has 3 aromatic rings. The minimum atomic E-state index is -0.939. The highest BCUT2D eigenvalue weighted by Gasteiger charge is 2.25. The van der Waals surface area contributed by atoms with Crippen molar-refractivity contribution in [1.29, 1.82) is 0 Å². The van der Waals surface area contributed by atoms with Gasteiger partial charge in [-0.25, -0.2) is 13.2 Å². The summed E-state index contributed by atoms with van der Waals surface area (Å²) in [4.78, 5) is 29.0. The lowest BCUT2D eigenvalue weighted by Gasteiger charge is -2.24. The van der Waals surface area contributed by atoms with Crippen molar-refractivity contribution in [3.63, 3.8) is 0 Å². The molecule has 0 bridgehead atoms. The predicted molar refractivity (Wildman–Crippen MR) is 124 cm³/mol. The second-order valence-electron chi connectivity index (χ2n) is 7.83. The summed E-state index contributed by atoms with van der Waals surface area (Å²) in [6, 6.07) is 8.70. The van der Waals surface area contributed by atoms with Gasteiger partial charge in [0.05, 0.1) is 23.9 Å². The number of nitrogens with zero attached hydrogens (tertiary/aromatic N) is 1. The number of hydrogen-bond donors (Lipinski definition) is 3. The van der Waals surface area contributed by atoms with E-state index < -0.39 is 41.3 Å². The minimum absolute atomic E-state index is 0.00226. The number of benzene rings is 2. The van der Waals surface area contributed by atoms with E-state index in [0.717, 1.165) is 12.1 Å². The molecule has 4 N–H and O–H groups in total. The number of carbonyl (C=O) groups excluding carboxylic acids is 2. The fourth-order valence-electron chi connectivity index (χ4n) is 3.73. The maximum Gasteiger partial charge on any atom is 0.251 e. The Hall–Kier alpha value is -3.76. The summed E-state index contributed by atoms with van der Waals surface area (Å²) >= 11 is 0. The van der Waals surface area contributed by atoms with Gasteiger partial charge in [-0.1, -0.05) is 12.1 Å². The molecule has 0 spiro atoms. The molecule has 35 heavy (non-hydrogen) atoms. The van der Waals surface area contributed by atoms with Gasteiger partial charge in [0, 0.05) is 24.9 Å². The van der Waals surface area contributed by atoms with E-state index in [2.05, 4.69) is 15.6 Å². The van der Waals surface area contributed by atoms with Crippen LogP contribution in [0.3, 0.4) is 0 Å². The van der Waals surface area contributed by atoms with Crippen molar-refractivity contribution in [3.05, 3.63) is 89.0 Å². The van der Waals surface area contributed by atoms with Crippen molar-refractivity contribution in [1.82, 2.24) is 15.6 Å². The SMILES string of the molecule is CNC(COC)C(=O)NC(Cc1cc(F)cc(F)c1)c1ncccc1-c1ccc(F)c(C(N)=O)c1. The Balaban J connectivity index is 2.09. The van der Waals surface area contributed by atoms with E-state index in [0.29, 0.717) is 16.8 Å². The quantitative estimate of drug-likeness (QED) is 0.409. The molecule has 0 aliphatic carbocycles. The molecule has 0 fully saturated rings. The molecule has 10 heteroatoms. The third-order valence-corrected chi connectivity index (χ3v) is 5.39. The number of halogens is 3. The van der Waals surface area contributed by atoms with E-state index >= 15 is 0 Å². The Morgan fingerprint density at radius 3 is 2.43 bits per heavy atom. The van der Waals surface area contributed by atoms with E-state index in [1.165, 1.54) is 37.6 Å². The van der Waals surface area contributed by atoms with E-state index in [-0.39, 0.29) is 24.2 Å². The smallest absolute Gasteiger partial charge is 0.251 e. The van der Waals surface area contributed by atoms with Crippen LogP contribution in [0.15, 0.2) is 54.7 Å². The third kappa shape index (κ3) is 6.43. The van der Waals surface area contributed by atoms with Crippen LogP contribution in [0, 0.1) is 17.5 Å². The molecule has 2 unspecified atom stereocenters. The summed E-state index contributed by atoms with van der Waals surface area (Å²) in [7, 11) is 3.04. The van der Waals surface area contributed by atoms with Crippen LogP contribution in [0.25, 0.3) is 11.1 Å². The summed E-state index contributed by atoms with van der Waals surface area (Å²) in [5, 5.41) is 5.70. The first-order chi connectivity index (χ1) is 16.7. The molecule has 184 valence electrons. The van der Waals surface area contributed by atoms with Gasteiger partial charge in [0.1, 0.15) is 23.5 Å². The van der Waals surface area contributed by atoms with Crippen LogP contribution in [0.1, 0.15) is 27.7 Å². The molecule has 1 aromatic heterocycles. The molecule has 7 nitrogen and oxygen atoms in total. The minimum Gasteiger partial charge on any atom is -0.383 e. The number of nitrogens with two attached hydrogens (primary N) is 1. The van der Waals surface area contributed by atoms with E-state index in [1.807, 2.05) is 0 Å². The third-order valence-electron chi connectivity index (χ3n) is 5.39. The molecule has 3 rings (SSSR count). The zero-order valence-corrected chi connectivity index (χ0v) is 19.1. The first-order valence-corrected chi connectivity index (χ1v) is 10.7. The first-order valence-electron chi connectivity index (χ1n) is 10.7. The summed E-state index contributed by atoms with van der Waals surface area (Å²) in [6.45, 7) is 0.0820. The van der Waals surface area contributed by atoms with Crippen LogP contribution in [0.2, 0.25) is 0 Å². The largest absolute Gasteiger partial charge is 0.383 e. The summed E-state index contributed by atoms with van der Waals surface area (Å²) in [5.41, 5.74) is 6.52. The number of rotatable bonds is 10. The molecule has 0 aliphatic rings. The van der Waals surface area contributed by atoms with Gasteiger partial charge in [-0.2, -0.15) is 0 Å². The summed E-state index contributed by atoms with van der Waals surface area (Å²) in [6.07, 6.45) is 1.49. The normalized spacial score (nSPS) is 12.7. The second-order valence-corrected chi connectivity index (χ2v) is 7.83. The van der Waals surface area contributed by atoms with E-state index in [1.54, 1.807) is 19.2 Å². The number of methoxy groups -OCH3 is 1. The number of amides is 2. The van der Waals surface area contributed by atoms with Gasteiger partial charge in [-0.15, -0.1) is 0 Å². The molecule has 2 atom stereocenters. The maximum absolute atomic E-state index is 14.1. The fourth-order valence-corrected chi connectivity index (χ4v) is 3.73. The Labute approximate surface area is 200 Å². The number of nitrogens with one attached hydrogen (secondary N) is 2. The number of hydrogen-bond acceptors (Lipinski definition) is 5. The highest BCUT2D eigenvalue weighted by Crippen LogP contribution is 2.30. The van der Waals surface area contributed by atoms with E-state index in [9.17, 15) is 22.8 Å². The van der Waals surface area contributed by atoms with Crippen molar-refractivity contribution in [2.24, 2.45) is 5.73 Å². The number of likely N-dealkylation sites (N-methyl/N-ethyl adjacent to an activating group) is 1. The van der Waals surface area contributed by atoms with Crippen LogP contribution >= 0.6 is 0 Å². The van der Waals surface area contributed by atoms with Gasteiger partial charge in [-0.3, -0.25) is 14.6 Å². The lowest BCUT2D eigenvalue weighted by atomic mass is 9.94. The Bertz CT molecular complexity index is 1200. The lowest BCUT2D eigenvalue weighted by Crippen LogP contribution is -2.47. The van der Waals surface area contributed by atoms with Gasteiger partial charge < -0.3 is 21.1 Å². The average molecular weight is 486 g/mol. The maximum atomic E-state index is 14.1. The fraction of sp³-hybridized carbons (Fsp3) is 0.240. The van der Waals surface area contributed by atoms with Crippen LogP contribution in [0.5, 0.6) is 0 Å². The molecule has 0 radical (unpaired) electrons. The van der Waals surface area contributed by atoms with Crippen LogP contribution in [0.4, 0.5) is 13.2 Å². The molecule has 0 saturated heterocycles. The highest BCUT2D eigenvalue weighted by atomic mass is 19.1. The molecule has 0 saturated carbocycles. The lowest BCUT2D eigenvalue weighted by molar-refractivity contribution is -0.125. The molecule has 1 heterocycles. The van der Waals surface area contributed by atoms with Crippen molar-refractivity contribution in [3.8, 4) is 11.1 Å². The standard InChI is InChI=1S/C25H25F3N4O3/c1-30-22(13-35-2)25(34)32-21(10-14-8-16(26)12-17(27)9-14)23-18(4-3-7-31-23)15-5-6-20(28)19(11-15)24(29)33/h3-9,11-12,21-22,30H,10,13H2,1-2H3,(H2,29,33)(H,32,34). The second kappa shape index (κ2) is 11.6. The molecular weight excluding hydrogens is 461 g/mol. The van der Waals surface area contributed by atoms with Crippen molar-refractivity contribution < 1.29 is 27.5 Å².